The maximum Gasteiger partial charge on any atom is 0.247 e. The molecule has 1 aliphatic rings. The van der Waals surface area contributed by atoms with Gasteiger partial charge in [0.1, 0.15) is 24.8 Å². The molecule has 6 nitrogen and oxygen atoms in total. The molecule has 1 amide bonds. The second-order valence-electron chi connectivity index (χ2n) is 6.65. The number of morpholine rings is 1. The van der Waals surface area contributed by atoms with E-state index in [2.05, 4.69) is 10.1 Å². The first-order valence-corrected chi connectivity index (χ1v) is 8.39. The first kappa shape index (κ1) is 16.6. The Morgan fingerprint density at radius 3 is 2.62 bits per heavy atom. The number of ether oxygens (including phenoxy) is 1. The van der Waals surface area contributed by atoms with Gasteiger partial charge in [0, 0.05) is 6.54 Å². The molecule has 3 atom stereocenters. The maximum absolute atomic E-state index is 13.1. The van der Waals surface area contributed by atoms with Crippen LogP contribution in [0.1, 0.15) is 38.5 Å². The summed E-state index contributed by atoms with van der Waals surface area (Å²) in [5.74, 6) is 0.208. The molecule has 1 aliphatic heterocycles. The number of hydrogen-bond donors (Lipinski definition) is 0. The largest absolute Gasteiger partial charge is 0.367 e. The van der Waals surface area contributed by atoms with Crippen LogP contribution >= 0.6 is 0 Å². The molecule has 1 aromatic carbocycles. The zero-order valence-corrected chi connectivity index (χ0v) is 14.4. The van der Waals surface area contributed by atoms with Gasteiger partial charge in [0.25, 0.3) is 0 Å². The topological polar surface area (TPSA) is 60.2 Å². The average Bonchev–Trinajstić information content (AvgIpc) is 3.09. The second kappa shape index (κ2) is 7.13. The van der Waals surface area contributed by atoms with Crippen molar-refractivity contribution in [1.29, 1.82) is 0 Å². The molecular weight excluding hydrogens is 304 g/mol. The van der Waals surface area contributed by atoms with E-state index in [-0.39, 0.29) is 30.1 Å². The fraction of sp³-hybridized carbons (Fsp3) is 0.500. The summed E-state index contributed by atoms with van der Waals surface area (Å²) >= 11 is 0. The number of amides is 1. The van der Waals surface area contributed by atoms with E-state index < -0.39 is 0 Å². The van der Waals surface area contributed by atoms with Crippen molar-refractivity contribution >= 4 is 5.91 Å². The molecule has 0 saturated carbocycles. The standard InChI is InChI=1S/C18H24N4O2/c1-13(2)17(22-12-19-11-20-22)18(23)21-9-14(3)24-16(10-21)15-7-5-4-6-8-15/h4-8,11-14,16-17H,9-10H2,1-3H3/t14-,16-,17+/m1/s1. The van der Waals surface area contributed by atoms with Crippen LogP contribution in [0.15, 0.2) is 43.0 Å². The van der Waals surface area contributed by atoms with Crippen molar-refractivity contribution < 1.29 is 9.53 Å². The van der Waals surface area contributed by atoms with Gasteiger partial charge in [-0.25, -0.2) is 9.67 Å². The number of nitrogens with zero attached hydrogens (tertiary/aromatic N) is 4. The lowest BCUT2D eigenvalue weighted by Gasteiger charge is -2.39. The molecule has 24 heavy (non-hydrogen) atoms. The fourth-order valence-electron chi connectivity index (χ4n) is 3.24. The smallest absolute Gasteiger partial charge is 0.247 e. The molecule has 6 heteroatoms. The van der Waals surface area contributed by atoms with Crippen LogP contribution in [0.4, 0.5) is 0 Å². The zero-order valence-electron chi connectivity index (χ0n) is 14.4. The number of aromatic nitrogens is 3. The quantitative estimate of drug-likeness (QED) is 0.865. The van der Waals surface area contributed by atoms with E-state index in [1.807, 2.05) is 56.0 Å². The van der Waals surface area contributed by atoms with E-state index >= 15 is 0 Å². The van der Waals surface area contributed by atoms with Gasteiger partial charge in [0.15, 0.2) is 0 Å². The summed E-state index contributed by atoms with van der Waals surface area (Å²) in [7, 11) is 0. The first-order valence-electron chi connectivity index (χ1n) is 8.39. The van der Waals surface area contributed by atoms with Crippen molar-refractivity contribution in [3.8, 4) is 0 Å². The summed E-state index contributed by atoms with van der Waals surface area (Å²) < 4.78 is 7.71. The van der Waals surface area contributed by atoms with Gasteiger partial charge in [-0.05, 0) is 18.4 Å². The minimum absolute atomic E-state index is 0.00327. The van der Waals surface area contributed by atoms with Crippen molar-refractivity contribution in [3.63, 3.8) is 0 Å². The van der Waals surface area contributed by atoms with Crippen molar-refractivity contribution in [2.45, 2.75) is 39.0 Å². The van der Waals surface area contributed by atoms with Crippen LogP contribution in [0.5, 0.6) is 0 Å². The molecule has 0 bridgehead atoms. The lowest BCUT2D eigenvalue weighted by molar-refractivity contribution is -0.150. The van der Waals surface area contributed by atoms with Crippen LogP contribution in [0.3, 0.4) is 0 Å². The molecule has 0 radical (unpaired) electrons. The minimum atomic E-state index is -0.339. The van der Waals surface area contributed by atoms with Gasteiger partial charge in [-0.2, -0.15) is 5.10 Å². The summed E-state index contributed by atoms with van der Waals surface area (Å²) in [5, 5.41) is 4.18. The summed E-state index contributed by atoms with van der Waals surface area (Å²) in [6.07, 6.45) is 2.98. The molecule has 1 aromatic heterocycles. The summed E-state index contributed by atoms with van der Waals surface area (Å²) in [4.78, 5) is 19.0. The Kier molecular flexibility index (Phi) is 4.94. The Bertz CT molecular complexity index is 657. The Hall–Kier alpha value is -2.21. The predicted octanol–water partition coefficient (Wildman–Crippen LogP) is 2.46. The Morgan fingerprint density at radius 2 is 2.00 bits per heavy atom. The zero-order chi connectivity index (χ0) is 17.1. The molecule has 1 saturated heterocycles. The highest BCUT2D eigenvalue weighted by Crippen LogP contribution is 2.28. The molecule has 0 unspecified atom stereocenters. The van der Waals surface area contributed by atoms with Gasteiger partial charge in [-0.3, -0.25) is 4.79 Å². The third-order valence-electron chi connectivity index (χ3n) is 4.35. The second-order valence-corrected chi connectivity index (χ2v) is 6.65. The van der Waals surface area contributed by atoms with E-state index in [1.165, 1.54) is 6.33 Å². The highest BCUT2D eigenvalue weighted by atomic mass is 16.5. The molecular formula is C18H24N4O2. The number of hydrogen-bond acceptors (Lipinski definition) is 4. The van der Waals surface area contributed by atoms with Crippen molar-refractivity contribution in [3.05, 3.63) is 48.5 Å². The van der Waals surface area contributed by atoms with Gasteiger partial charge in [0.2, 0.25) is 5.91 Å². The third-order valence-corrected chi connectivity index (χ3v) is 4.35. The third kappa shape index (κ3) is 3.48. The number of carbonyl (C=O) groups is 1. The van der Waals surface area contributed by atoms with E-state index in [1.54, 1.807) is 11.0 Å². The van der Waals surface area contributed by atoms with Gasteiger partial charge in [-0.15, -0.1) is 0 Å². The van der Waals surface area contributed by atoms with Crippen LogP contribution in [-0.4, -0.2) is 44.8 Å². The molecule has 1 fully saturated rings. The lowest BCUT2D eigenvalue weighted by Crippen LogP contribution is -2.49. The van der Waals surface area contributed by atoms with Crippen molar-refractivity contribution in [2.75, 3.05) is 13.1 Å². The predicted molar refractivity (Wildman–Crippen MR) is 90.2 cm³/mol. The SMILES string of the molecule is CC(C)[C@@H](C(=O)N1C[C@@H](C)O[C@@H](c2ccccc2)C1)n1cncn1. The fourth-order valence-corrected chi connectivity index (χ4v) is 3.24. The Labute approximate surface area is 142 Å². The number of benzene rings is 1. The molecule has 0 spiro atoms. The van der Waals surface area contributed by atoms with E-state index in [0.717, 1.165) is 5.56 Å². The van der Waals surface area contributed by atoms with Crippen molar-refractivity contribution in [1.82, 2.24) is 19.7 Å². The van der Waals surface area contributed by atoms with Gasteiger partial charge in [-0.1, -0.05) is 44.2 Å². The summed E-state index contributed by atoms with van der Waals surface area (Å²) in [6.45, 7) is 7.23. The monoisotopic (exact) mass is 328 g/mol. The average molecular weight is 328 g/mol. The van der Waals surface area contributed by atoms with Crippen LogP contribution in [-0.2, 0) is 9.53 Å². The van der Waals surface area contributed by atoms with Crippen LogP contribution in [0.25, 0.3) is 0 Å². The molecule has 128 valence electrons. The van der Waals surface area contributed by atoms with Gasteiger partial charge in [0.05, 0.1) is 12.6 Å². The van der Waals surface area contributed by atoms with Gasteiger partial charge >= 0.3 is 0 Å². The highest BCUT2D eigenvalue weighted by Gasteiger charge is 2.35. The van der Waals surface area contributed by atoms with Crippen molar-refractivity contribution in [2.24, 2.45) is 5.92 Å². The number of rotatable bonds is 4. The van der Waals surface area contributed by atoms with E-state index in [4.69, 9.17) is 4.74 Å². The van der Waals surface area contributed by atoms with Crippen LogP contribution < -0.4 is 0 Å². The van der Waals surface area contributed by atoms with E-state index in [0.29, 0.717) is 13.1 Å². The normalized spacial score (nSPS) is 22.6. The van der Waals surface area contributed by atoms with Crippen LogP contribution in [0, 0.1) is 5.92 Å². The van der Waals surface area contributed by atoms with Crippen LogP contribution in [0.2, 0.25) is 0 Å². The molecule has 2 aromatic rings. The minimum Gasteiger partial charge on any atom is -0.367 e. The first-order chi connectivity index (χ1) is 11.6. The summed E-state index contributed by atoms with van der Waals surface area (Å²) in [5.41, 5.74) is 1.10. The van der Waals surface area contributed by atoms with Gasteiger partial charge < -0.3 is 9.64 Å². The lowest BCUT2D eigenvalue weighted by atomic mass is 10.0. The summed E-state index contributed by atoms with van der Waals surface area (Å²) in [6, 6.07) is 9.73. The maximum atomic E-state index is 13.1. The molecule has 2 heterocycles. The highest BCUT2D eigenvalue weighted by molar-refractivity contribution is 5.80. The Morgan fingerprint density at radius 1 is 1.25 bits per heavy atom. The van der Waals surface area contributed by atoms with E-state index in [9.17, 15) is 4.79 Å². The molecule has 0 aliphatic carbocycles. The number of carbonyl (C=O) groups excluding carboxylic acids is 1. The Balaban J connectivity index is 1.80. The molecule has 3 rings (SSSR count). The molecule has 0 N–H and O–H groups in total.